The van der Waals surface area contributed by atoms with Crippen molar-refractivity contribution in [3.05, 3.63) is 21.9 Å². The molecule has 1 aliphatic heterocycles. The SMILES string of the molecule is CNCC1(c2sccc2C)COC1. The van der Waals surface area contributed by atoms with Crippen LogP contribution in [0.4, 0.5) is 0 Å². The third-order valence-electron chi connectivity index (χ3n) is 2.62. The summed E-state index contributed by atoms with van der Waals surface area (Å²) >= 11 is 1.85. The quantitative estimate of drug-likeness (QED) is 0.793. The summed E-state index contributed by atoms with van der Waals surface area (Å²) in [4.78, 5) is 1.49. The molecule has 0 saturated carbocycles. The second kappa shape index (κ2) is 3.40. The Labute approximate surface area is 82.9 Å². The fourth-order valence-corrected chi connectivity index (χ4v) is 3.02. The summed E-state index contributed by atoms with van der Waals surface area (Å²) in [5.41, 5.74) is 1.68. The van der Waals surface area contributed by atoms with E-state index in [4.69, 9.17) is 4.74 Å². The van der Waals surface area contributed by atoms with Gasteiger partial charge in [0.25, 0.3) is 0 Å². The molecule has 2 rings (SSSR count). The van der Waals surface area contributed by atoms with Gasteiger partial charge in [0.2, 0.25) is 0 Å². The minimum Gasteiger partial charge on any atom is -0.379 e. The highest BCUT2D eigenvalue weighted by Gasteiger charge is 2.41. The molecule has 0 atom stereocenters. The van der Waals surface area contributed by atoms with E-state index < -0.39 is 0 Å². The lowest BCUT2D eigenvalue weighted by Crippen LogP contribution is -2.52. The normalized spacial score (nSPS) is 19.8. The Balaban J connectivity index is 2.26. The average Bonchev–Trinajstić information content (AvgIpc) is 2.44. The number of rotatable bonds is 3. The standard InChI is InChI=1S/C10H15NOS/c1-8-3-4-13-9(8)10(5-11-2)6-12-7-10/h3-4,11H,5-7H2,1-2H3. The van der Waals surface area contributed by atoms with Gasteiger partial charge in [-0.1, -0.05) is 0 Å². The van der Waals surface area contributed by atoms with Gasteiger partial charge in [0.05, 0.1) is 18.6 Å². The van der Waals surface area contributed by atoms with E-state index in [1.54, 1.807) is 0 Å². The third-order valence-corrected chi connectivity index (χ3v) is 3.88. The molecule has 2 heterocycles. The van der Waals surface area contributed by atoms with Crippen molar-refractivity contribution in [2.75, 3.05) is 26.8 Å². The van der Waals surface area contributed by atoms with E-state index in [0.717, 1.165) is 19.8 Å². The lowest BCUT2D eigenvalue weighted by Gasteiger charge is -2.41. The molecular weight excluding hydrogens is 182 g/mol. The van der Waals surface area contributed by atoms with Crippen LogP contribution in [0.1, 0.15) is 10.4 Å². The zero-order valence-electron chi connectivity index (χ0n) is 8.09. The van der Waals surface area contributed by atoms with Crippen molar-refractivity contribution in [3.63, 3.8) is 0 Å². The molecule has 0 radical (unpaired) electrons. The molecule has 1 aromatic heterocycles. The first-order valence-electron chi connectivity index (χ1n) is 4.55. The van der Waals surface area contributed by atoms with Crippen LogP contribution in [0.25, 0.3) is 0 Å². The van der Waals surface area contributed by atoms with Crippen molar-refractivity contribution >= 4 is 11.3 Å². The largest absolute Gasteiger partial charge is 0.379 e. The average molecular weight is 197 g/mol. The molecule has 1 aliphatic rings. The molecule has 0 spiro atoms. The maximum atomic E-state index is 5.34. The van der Waals surface area contributed by atoms with Crippen LogP contribution in [-0.4, -0.2) is 26.8 Å². The maximum Gasteiger partial charge on any atom is 0.0640 e. The summed E-state index contributed by atoms with van der Waals surface area (Å²) in [5, 5.41) is 5.42. The molecular formula is C10H15NOS. The van der Waals surface area contributed by atoms with Crippen molar-refractivity contribution in [2.24, 2.45) is 0 Å². The van der Waals surface area contributed by atoms with Crippen molar-refractivity contribution in [1.82, 2.24) is 5.32 Å². The van der Waals surface area contributed by atoms with E-state index in [9.17, 15) is 0 Å². The minimum atomic E-state index is 0.271. The Morgan fingerprint density at radius 1 is 1.62 bits per heavy atom. The van der Waals surface area contributed by atoms with E-state index >= 15 is 0 Å². The highest BCUT2D eigenvalue weighted by atomic mass is 32.1. The third kappa shape index (κ3) is 1.41. The summed E-state index contributed by atoms with van der Waals surface area (Å²) < 4.78 is 5.34. The molecule has 13 heavy (non-hydrogen) atoms. The smallest absolute Gasteiger partial charge is 0.0640 e. The van der Waals surface area contributed by atoms with Gasteiger partial charge in [0, 0.05) is 11.4 Å². The van der Waals surface area contributed by atoms with Crippen LogP contribution in [-0.2, 0) is 10.2 Å². The number of thiophene rings is 1. The summed E-state index contributed by atoms with van der Waals surface area (Å²) in [6, 6.07) is 2.19. The van der Waals surface area contributed by atoms with E-state index in [0.29, 0.717) is 0 Å². The van der Waals surface area contributed by atoms with Crippen LogP contribution < -0.4 is 5.32 Å². The second-order valence-corrected chi connectivity index (χ2v) is 4.65. The van der Waals surface area contributed by atoms with Gasteiger partial charge in [-0.3, -0.25) is 0 Å². The Morgan fingerprint density at radius 3 is 2.77 bits per heavy atom. The van der Waals surface area contributed by atoms with Crippen molar-refractivity contribution in [1.29, 1.82) is 0 Å². The van der Waals surface area contributed by atoms with Gasteiger partial charge in [0.1, 0.15) is 0 Å². The lowest BCUT2D eigenvalue weighted by atomic mass is 9.82. The number of hydrogen-bond acceptors (Lipinski definition) is 3. The Morgan fingerprint density at radius 2 is 2.38 bits per heavy atom. The Kier molecular flexibility index (Phi) is 2.41. The van der Waals surface area contributed by atoms with Crippen LogP contribution in [0.15, 0.2) is 11.4 Å². The molecule has 0 unspecified atom stereocenters. The Bertz CT molecular complexity index is 291. The molecule has 1 N–H and O–H groups in total. The van der Waals surface area contributed by atoms with Crippen molar-refractivity contribution in [2.45, 2.75) is 12.3 Å². The van der Waals surface area contributed by atoms with E-state index in [1.165, 1.54) is 10.4 Å². The molecule has 1 fully saturated rings. The number of aryl methyl sites for hydroxylation is 1. The summed E-state index contributed by atoms with van der Waals surface area (Å²) in [6.07, 6.45) is 0. The van der Waals surface area contributed by atoms with E-state index in [2.05, 4.69) is 23.7 Å². The summed E-state index contributed by atoms with van der Waals surface area (Å²) in [5.74, 6) is 0. The van der Waals surface area contributed by atoms with Crippen molar-refractivity contribution in [3.8, 4) is 0 Å². The second-order valence-electron chi connectivity index (χ2n) is 3.74. The predicted octanol–water partition coefficient (Wildman–Crippen LogP) is 1.54. The summed E-state index contributed by atoms with van der Waals surface area (Å²) in [7, 11) is 2.00. The molecule has 1 aromatic rings. The van der Waals surface area contributed by atoms with Crippen LogP contribution in [0, 0.1) is 6.92 Å². The van der Waals surface area contributed by atoms with Gasteiger partial charge in [-0.15, -0.1) is 11.3 Å². The van der Waals surface area contributed by atoms with E-state index in [1.807, 2.05) is 18.4 Å². The molecule has 3 heteroatoms. The number of nitrogens with one attached hydrogen (secondary N) is 1. The first kappa shape index (κ1) is 9.19. The van der Waals surface area contributed by atoms with Crippen LogP contribution >= 0.6 is 11.3 Å². The topological polar surface area (TPSA) is 21.3 Å². The van der Waals surface area contributed by atoms with Crippen molar-refractivity contribution < 1.29 is 4.74 Å². The molecule has 0 amide bonds. The molecule has 1 saturated heterocycles. The number of hydrogen-bond donors (Lipinski definition) is 1. The van der Waals surface area contributed by atoms with Crippen LogP contribution in [0.5, 0.6) is 0 Å². The first-order valence-corrected chi connectivity index (χ1v) is 5.43. The monoisotopic (exact) mass is 197 g/mol. The fraction of sp³-hybridized carbons (Fsp3) is 0.600. The lowest BCUT2D eigenvalue weighted by molar-refractivity contribution is -0.0566. The minimum absolute atomic E-state index is 0.271. The maximum absolute atomic E-state index is 5.34. The highest BCUT2D eigenvalue weighted by molar-refractivity contribution is 7.10. The van der Waals surface area contributed by atoms with E-state index in [-0.39, 0.29) is 5.41 Å². The molecule has 0 aliphatic carbocycles. The highest BCUT2D eigenvalue weighted by Crippen LogP contribution is 2.37. The molecule has 0 bridgehead atoms. The van der Waals surface area contributed by atoms with Gasteiger partial charge in [-0.25, -0.2) is 0 Å². The predicted molar refractivity (Wildman–Crippen MR) is 55.5 cm³/mol. The Hall–Kier alpha value is -0.380. The van der Waals surface area contributed by atoms with Crippen LogP contribution in [0.2, 0.25) is 0 Å². The molecule has 0 aromatic carbocycles. The molecule has 2 nitrogen and oxygen atoms in total. The van der Waals surface area contributed by atoms with Gasteiger partial charge in [0.15, 0.2) is 0 Å². The summed E-state index contributed by atoms with van der Waals surface area (Å²) in [6.45, 7) is 4.94. The van der Waals surface area contributed by atoms with Gasteiger partial charge < -0.3 is 10.1 Å². The number of likely N-dealkylation sites (N-methyl/N-ethyl adjacent to an activating group) is 1. The first-order chi connectivity index (χ1) is 6.28. The number of ether oxygens (including phenoxy) is 1. The fourth-order valence-electron chi connectivity index (χ4n) is 1.92. The molecule has 72 valence electrons. The van der Waals surface area contributed by atoms with Gasteiger partial charge >= 0.3 is 0 Å². The van der Waals surface area contributed by atoms with Gasteiger partial charge in [-0.05, 0) is 31.0 Å². The zero-order chi connectivity index (χ0) is 9.31. The zero-order valence-corrected chi connectivity index (χ0v) is 8.91. The van der Waals surface area contributed by atoms with Crippen LogP contribution in [0.3, 0.4) is 0 Å². The van der Waals surface area contributed by atoms with Gasteiger partial charge in [-0.2, -0.15) is 0 Å².